The summed E-state index contributed by atoms with van der Waals surface area (Å²) in [4.78, 5) is 14.7. The zero-order chi connectivity index (χ0) is 14.5. The number of likely N-dealkylation sites (tertiary alicyclic amines) is 1. The molecule has 0 aromatic heterocycles. The third-order valence-corrected chi connectivity index (χ3v) is 4.15. The van der Waals surface area contributed by atoms with E-state index in [4.69, 9.17) is 4.74 Å². The molecule has 0 bridgehead atoms. The Balaban J connectivity index is 2.25. The summed E-state index contributed by atoms with van der Waals surface area (Å²) in [7, 11) is 0. The Morgan fingerprint density at radius 1 is 1.35 bits per heavy atom. The quantitative estimate of drug-likeness (QED) is 0.789. The minimum Gasteiger partial charge on any atom is -0.465 e. The molecule has 3 unspecified atom stereocenters. The van der Waals surface area contributed by atoms with Gasteiger partial charge in [-0.1, -0.05) is 37.3 Å². The van der Waals surface area contributed by atoms with Crippen LogP contribution in [0.3, 0.4) is 0 Å². The Bertz CT molecular complexity index is 432. The monoisotopic (exact) mass is 275 g/mol. The van der Waals surface area contributed by atoms with Crippen LogP contribution in [0, 0.1) is 5.92 Å². The Labute approximate surface area is 121 Å². The number of nitrogens with zero attached hydrogens (tertiary/aromatic N) is 1. The smallest absolute Gasteiger partial charge is 0.328 e. The third-order valence-electron chi connectivity index (χ3n) is 4.15. The molecule has 3 atom stereocenters. The Hall–Kier alpha value is -1.35. The molecule has 3 nitrogen and oxygen atoms in total. The second kappa shape index (κ2) is 6.89. The number of carbonyl (C=O) groups is 1. The fourth-order valence-corrected chi connectivity index (χ4v) is 3.13. The highest BCUT2D eigenvalue weighted by molar-refractivity contribution is 5.77. The van der Waals surface area contributed by atoms with E-state index in [9.17, 15) is 4.79 Å². The molecule has 3 heteroatoms. The van der Waals surface area contributed by atoms with E-state index in [1.165, 1.54) is 0 Å². The number of rotatable bonds is 4. The molecule has 0 aliphatic carbocycles. The number of benzene rings is 1. The minimum absolute atomic E-state index is 0.125. The molecule has 0 amide bonds. The van der Waals surface area contributed by atoms with Gasteiger partial charge in [-0.2, -0.15) is 0 Å². The predicted octanol–water partition coefficient (Wildman–Crippen LogP) is 3.41. The molecule has 1 heterocycles. The second-order valence-electron chi connectivity index (χ2n) is 5.78. The van der Waals surface area contributed by atoms with Crippen LogP contribution >= 0.6 is 0 Å². The predicted molar refractivity (Wildman–Crippen MR) is 80.4 cm³/mol. The van der Waals surface area contributed by atoms with Crippen LogP contribution in [0.1, 0.15) is 45.2 Å². The van der Waals surface area contributed by atoms with Crippen LogP contribution in [-0.2, 0) is 9.53 Å². The van der Waals surface area contributed by atoms with E-state index in [2.05, 4.69) is 18.7 Å². The number of hydrogen-bond acceptors (Lipinski definition) is 3. The lowest BCUT2D eigenvalue weighted by atomic mass is 9.90. The van der Waals surface area contributed by atoms with Gasteiger partial charge in [0.15, 0.2) is 0 Å². The zero-order valence-corrected chi connectivity index (χ0v) is 12.7. The number of esters is 1. The highest BCUT2D eigenvalue weighted by Crippen LogP contribution is 2.31. The summed E-state index contributed by atoms with van der Waals surface area (Å²) < 4.78 is 5.31. The lowest BCUT2D eigenvalue weighted by molar-refractivity contribution is -0.151. The summed E-state index contributed by atoms with van der Waals surface area (Å²) in [6.07, 6.45) is 2.29. The first-order valence-electron chi connectivity index (χ1n) is 7.60. The summed E-state index contributed by atoms with van der Waals surface area (Å²) in [5.41, 5.74) is 1.03. The minimum atomic E-state index is -0.265. The second-order valence-corrected chi connectivity index (χ2v) is 5.78. The molecule has 1 aromatic rings. The van der Waals surface area contributed by atoms with Crippen molar-refractivity contribution in [2.75, 3.05) is 13.2 Å². The van der Waals surface area contributed by atoms with Gasteiger partial charge >= 0.3 is 5.97 Å². The summed E-state index contributed by atoms with van der Waals surface area (Å²) >= 11 is 0. The topological polar surface area (TPSA) is 29.5 Å². The molecule has 0 saturated carbocycles. The van der Waals surface area contributed by atoms with Gasteiger partial charge in [-0.05, 0) is 44.7 Å². The van der Waals surface area contributed by atoms with Gasteiger partial charge in [0.25, 0.3) is 0 Å². The first kappa shape index (κ1) is 15.0. The summed E-state index contributed by atoms with van der Waals surface area (Å²) in [5, 5.41) is 0. The third kappa shape index (κ3) is 3.40. The molecule has 0 radical (unpaired) electrons. The van der Waals surface area contributed by atoms with Crippen molar-refractivity contribution in [1.29, 1.82) is 0 Å². The van der Waals surface area contributed by atoms with E-state index in [1.54, 1.807) is 0 Å². The molecule has 0 spiro atoms. The van der Waals surface area contributed by atoms with Crippen LogP contribution < -0.4 is 0 Å². The van der Waals surface area contributed by atoms with E-state index in [1.807, 2.05) is 37.3 Å². The Morgan fingerprint density at radius 3 is 2.65 bits per heavy atom. The molecule has 0 N–H and O–H groups in total. The maximum Gasteiger partial charge on any atom is 0.328 e. The van der Waals surface area contributed by atoms with Gasteiger partial charge in [-0.3, -0.25) is 4.90 Å². The Kier molecular flexibility index (Phi) is 5.18. The van der Waals surface area contributed by atoms with Gasteiger partial charge in [0.1, 0.15) is 6.04 Å². The van der Waals surface area contributed by atoms with E-state index in [0.717, 1.165) is 30.9 Å². The van der Waals surface area contributed by atoms with Crippen molar-refractivity contribution < 1.29 is 9.53 Å². The highest BCUT2D eigenvalue weighted by Gasteiger charge is 2.34. The van der Waals surface area contributed by atoms with Crippen LogP contribution in [-0.4, -0.2) is 30.1 Å². The maximum atomic E-state index is 12.4. The van der Waals surface area contributed by atoms with E-state index in [-0.39, 0.29) is 12.0 Å². The van der Waals surface area contributed by atoms with Crippen molar-refractivity contribution in [1.82, 2.24) is 4.90 Å². The largest absolute Gasteiger partial charge is 0.465 e. The molecule has 1 saturated heterocycles. The normalized spacial score (nSPS) is 25.1. The van der Waals surface area contributed by atoms with Crippen LogP contribution in [0.25, 0.3) is 0 Å². The molecule has 1 aliphatic heterocycles. The average molecular weight is 275 g/mol. The fourth-order valence-electron chi connectivity index (χ4n) is 3.13. The van der Waals surface area contributed by atoms with Gasteiger partial charge < -0.3 is 4.74 Å². The Morgan fingerprint density at radius 2 is 2.05 bits per heavy atom. The molecule has 1 aliphatic rings. The molecule has 2 rings (SSSR count). The van der Waals surface area contributed by atoms with Crippen LogP contribution in [0.2, 0.25) is 0 Å². The van der Waals surface area contributed by atoms with Gasteiger partial charge in [0.05, 0.1) is 6.61 Å². The maximum absolute atomic E-state index is 12.4. The van der Waals surface area contributed by atoms with Crippen molar-refractivity contribution in [3.05, 3.63) is 35.9 Å². The van der Waals surface area contributed by atoms with E-state index >= 15 is 0 Å². The molecule has 110 valence electrons. The fraction of sp³-hybridized carbons (Fsp3) is 0.588. The number of carbonyl (C=O) groups excluding carboxylic acids is 1. The molecular formula is C17H25NO2. The average Bonchev–Trinajstić information content (AvgIpc) is 2.43. The number of ether oxygens (including phenoxy) is 1. The van der Waals surface area contributed by atoms with Gasteiger partial charge in [-0.15, -0.1) is 0 Å². The van der Waals surface area contributed by atoms with Crippen LogP contribution in [0.4, 0.5) is 0 Å². The zero-order valence-electron chi connectivity index (χ0n) is 12.7. The van der Waals surface area contributed by atoms with Crippen LogP contribution in [0.5, 0.6) is 0 Å². The highest BCUT2D eigenvalue weighted by atomic mass is 16.5. The van der Waals surface area contributed by atoms with Crippen molar-refractivity contribution in [3.8, 4) is 0 Å². The van der Waals surface area contributed by atoms with Crippen molar-refractivity contribution in [2.24, 2.45) is 5.92 Å². The van der Waals surface area contributed by atoms with E-state index < -0.39 is 0 Å². The summed E-state index contributed by atoms with van der Waals surface area (Å²) in [5.74, 6) is 0.611. The van der Waals surface area contributed by atoms with Gasteiger partial charge in [0, 0.05) is 6.04 Å². The molecule has 1 aromatic carbocycles. The first-order chi connectivity index (χ1) is 9.63. The summed E-state index contributed by atoms with van der Waals surface area (Å²) in [6.45, 7) is 7.75. The van der Waals surface area contributed by atoms with E-state index in [0.29, 0.717) is 12.6 Å². The number of piperidine rings is 1. The van der Waals surface area contributed by atoms with Crippen molar-refractivity contribution >= 4 is 5.97 Å². The van der Waals surface area contributed by atoms with Crippen LogP contribution in [0.15, 0.2) is 30.3 Å². The standard InChI is InChI=1S/C17H25NO2/c1-4-20-17(19)16(15-8-6-5-7-9-15)18-11-10-13(2)12-14(18)3/h5-9,13-14,16H,4,10-12H2,1-3H3. The molecule has 20 heavy (non-hydrogen) atoms. The molecular weight excluding hydrogens is 250 g/mol. The SMILES string of the molecule is CCOC(=O)C(c1ccccc1)N1CCC(C)CC1C. The van der Waals surface area contributed by atoms with Gasteiger partial charge in [0.2, 0.25) is 0 Å². The van der Waals surface area contributed by atoms with Crippen molar-refractivity contribution in [3.63, 3.8) is 0 Å². The van der Waals surface area contributed by atoms with Crippen molar-refractivity contribution in [2.45, 2.75) is 45.7 Å². The molecule has 1 fully saturated rings. The first-order valence-corrected chi connectivity index (χ1v) is 7.60. The summed E-state index contributed by atoms with van der Waals surface area (Å²) in [6, 6.07) is 10.1. The number of hydrogen-bond donors (Lipinski definition) is 0. The van der Waals surface area contributed by atoms with Gasteiger partial charge in [-0.25, -0.2) is 4.79 Å². The lowest BCUT2D eigenvalue weighted by Gasteiger charge is -2.40. The lowest BCUT2D eigenvalue weighted by Crippen LogP contribution is -2.45.